The summed E-state index contributed by atoms with van der Waals surface area (Å²) >= 11 is 0. The van der Waals surface area contributed by atoms with E-state index in [1.54, 1.807) is 0 Å². The van der Waals surface area contributed by atoms with Crippen LogP contribution in [0.25, 0.3) is 0 Å². The van der Waals surface area contributed by atoms with E-state index in [4.69, 9.17) is 4.74 Å². The van der Waals surface area contributed by atoms with E-state index in [-0.39, 0.29) is 18.4 Å². The molecule has 116 valence electrons. The summed E-state index contributed by atoms with van der Waals surface area (Å²) in [5.74, 6) is 0.722. The predicted molar refractivity (Wildman–Crippen MR) is 82.9 cm³/mol. The second-order valence-electron chi connectivity index (χ2n) is 5.51. The van der Waals surface area contributed by atoms with Gasteiger partial charge in [-0.1, -0.05) is 25.0 Å². The number of benzene rings is 1. The molecular weight excluding hydrogens is 266 g/mol. The topological polar surface area (TPSA) is 49.8 Å². The Labute approximate surface area is 126 Å². The molecule has 0 saturated carbocycles. The summed E-state index contributed by atoms with van der Waals surface area (Å²) in [7, 11) is 0. The van der Waals surface area contributed by atoms with Gasteiger partial charge in [-0.3, -0.25) is 9.69 Å². The maximum absolute atomic E-state index is 12.6. The zero-order chi connectivity index (χ0) is 15.1. The predicted octanol–water partition coefficient (Wildman–Crippen LogP) is 2.50. The first kappa shape index (κ1) is 16.0. The van der Waals surface area contributed by atoms with Gasteiger partial charge in [0.15, 0.2) is 5.78 Å². The van der Waals surface area contributed by atoms with Gasteiger partial charge in [0.1, 0.15) is 5.75 Å². The smallest absolute Gasteiger partial charge is 0.180 e. The molecule has 0 aliphatic carbocycles. The number of hydrogen-bond donors (Lipinski definition) is 1. The number of aliphatic hydroxyl groups is 1. The van der Waals surface area contributed by atoms with Crippen molar-refractivity contribution in [2.75, 3.05) is 26.3 Å². The van der Waals surface area contributed by atoms with Gasteiger partial charge < -0.3 is 9.84 Å². The third-order valence-corrected chi connectivity index (χ3v) is 4.04. The summed E-state index contributed by atoms with van der Waals surface area (Å²) in [6.07, 6.45) is 4.37. The Balaban J connectivity index is 2.09. The lowest BCUT2D eigenvalue weighted by Crippen LogP contribution is -2.41. The van der Waals surface area contributed by atoms with Crippen LogP contribution in [-0.2, 0) is 0 Å². The molecule has 21 heavy (non-hydrogen) atoms. The van der Waals surface area contributed by atoms with Gasteiger partial charge in [-0.2, -0.15) is 0 Å². The van der Waals surface area contributed by atoms with Crippen LogP contribution in [0.5, 0.6) is 5.75 Å². The molecule has 1 unspecified atom stereocenters. The standard InChI is InChI=1S/C17H25NO3/c1-2-21-17-10-6-5-9-15(17)16(20)12-18-11-7-3-4-8-14(18)13-19/h5-6,9-10,14,19H,2-4,7-8,11-13H2,1H3. The lowest BCUT2D eigenvalue weighted by atomic mass is 10.1. The molecule has 0 radical (unpaired) electrons. The fraction of sp³-hybridized carbons (Fsp3) is 0.588. The maximum atomic E-state index is 12.6. The monoisotopic (exact) mass is 291 g/mol. The minimum absolute atomic E-state index is 0.0689. The van der Waals surface area contributed by atoms with E-state index in [1.165, 1.54) is 6.42 Å². The number of ketones is 1. The highest BCUT2D eigenvalue weighted by Gasteiger charge is 2.23. The Kier molecular flexibility index (Phi) is 6.21. The maximum Gasteiger partial charge on any atom is 0.180 e. The molecule has 0 amide bonds. The Morgan fingerprint density at radius 1 is 1.33 bits per heavy atom. The Morgan fingerprint density at radius 2 is 2.14 bits per heavy atom. The molecule has 1 aliphatic heterocycles. The van der Waals surface area contributed by atoms with E-state index in [2.05, 4.69) is 4.90 Å². The minimum Gasteiger partial charge on any atom is -0.493 e. The average molecular weight is 291 g/mol. The molecule has 0 aromatic heterocycles. The number of likely N-dealkylation sites (tertiary alicyclic amines) is 1. The van der Waals surface area contributed by atoms with E-state index in [0.717, 1.165) is 25.8 Å². The van der Waals surface area contributed by atoms with Gasteiger partial charge in [0, 0.05) is 6.04 Å². The van der Waals surface area contributed by atoms with Gasteiger partial charge >= 0.3 is 0 Å². The first-order valence-corrected chi connectivity index (χ1v) is 7.86. The molecule has 1 heterocycles. The van der Waals surface area contributed by atoms with Gasteiger partial charge in [0.25, 0.3) is 0 Å². The Bertz CT molecular complexity index is 461. The summed E-state index contributed by atoms with van der Waals surface area (Å²) in [5.41, 5.74) is 0.639. The van der Waals surface area contributed by atoms with Gasteiger partial charge in [0.2, 0.25) is 0 Å². The van der Waals surface area contributed by atoms with E-state index < -0.39 is 0 Å². The van der Waals surface area contributed by atoms with Gasteiger partial charge in [0.05, 0.1) is 25.3 Å². The fourth-order valence-electron chi connectivity index (χ4n) is 2.90. The molecular formula is C17H25NO3. The van der Waals surface area contributed by atoms with E-state index in [9.17, 15) is 9.90 Å². The third-order valence-electron chi connectivity index (χ3n) is 4.04. The lowest BCUT2D eigenvalue weighted by Gasteiger charge is -2.27. The second-order valence-corrected chi connectivity index (χ2v) is 5.51. The van der Waals surface area contributed by atoms with Crippen LogP contribution in [0.15, 0.2) is 24.3 Å². The van der Waals surface area contributed by atoms with Gasteiger partial charge in [-0.25, -0.2) is 0 Å². The molecule has 1 atom stereocenters. The summed E-state index contributed by atoms with van der Waals surface area (Å²) in [6, 6.07) is 7.50. The summed E-state index contributed by atoms with van der Waals surface area (Å²) in [5, 5.41) is 9.53. The van der Waals surface area contributed by atoms with Crippen molar-refractivity contribution in [1.29, 1.82) is 0 Å². The normalized spacial score (nSPS) is 20.0. The number of carbonyl (C=O) groups excluding carboxylic acids is 1. The molecule has 4 heteroatoms. The summed E-state index contributed by atoms with van der Waals surface area (Å²) < 4.78 is 5.54. The van der Waals surface area contributed by atoms with Gasteiger partial charge in [-0.15, -0.1) is 0 Å². The van der Waals surface area contributed by atoms with Crippen molar-refractivity contribution < 1.29 is 14.6 Å². The minimum atomic E-state index is 0.0689. The van der Waals surface area contributed by atoms with Crippen LogP contribution < -0.4 is 4.74 Å². The Morgan fingerprint density at radius 3 is 2.90 bits per heavy atom. The zero-order valence-electron chi connectivity index (χ0n) is 12.8. The highest BCUT2D eigenvalue weighted by atomic mass is 16.5. The molecule has 0 bridgehead atoms. The molecule has 1 N–H and O–H groups in total. The van der Waals surface area contributed by atoms with Crippen LogP contribution in [0.1, 0.15) is 43.0 Å². The van der Waals surface area contributed by atoms with Crippen molar-refractivity contribution in [3.05, 3.63) is 29.8 Å². The lowest BCUT2D eigenvalue weighted by molar-refractivity contribution is 0.0823. The van der Waals surface area contributed by atoms with Crippen LogP contribution in [0, 0.1) is 0 Å². The Hall–Kier alpha value is -1.39. The summed E-state index contributed by atoms with van der Waals surface area (Å²) in [4.78, 5) is 14.7. The van der Waals surface area contributed by atoms with Crippen LogP contribution in [0.2, 0.25) is 0 Å². The van der Waals surface area contributed by atoms with Crippen molar-refractivity contribution >= 4 is 5.78 Å². The van der Waals surface area contributed by atoms with Crippen LogP contribution in [-0.4, -0.2) is 48.1 Å². The van der Waals surface area contributed by atoms with Crippen LogP contribution in [0.3, 0.4) is 0 Å². The highest BCUT2D eigenvalue weighted by Crippen LogP contribution is 2.21. The van der Waals surface area contributed by atoms with Crippen molar-refractivity contribution in [2.24, 2.45) is 0 Å². The first-order valence-electron chi connectivity index (χ1n) is 7.86. The number of nitrogens with zero attached hydrogens (tertiary/aromatic N) is 1. The van der Waals surface area contributed by atoms with E-state index >= 15 is 0 Å². The average Bonchev–Trinajstić information content (AvgIpc) is 2.73. The third kappa shape index (κ3) is 4.29. The number of ether oxygens (including phenoxy) is 1. The molecule has 2 rings (SSSR count). The first-order chi connectivity index (χ1) is 10.3. The fourth-order valence-corrected chi connectivity index (χ4v) is 2.90. The van der Waals surface area contributed by atoms with Crippen molar-refractivity contribution in [1.82, 2.24) is 4.90 Å². The molecule has 0 spiro atoms. The largest absolute Gasteiger partial charge is 0.493 e. The summed E-state index contributed by atoms with van der Waals surface area (Å²) in [6.45, 7) is 3.83. The zero-order valence-corrected chi connectivity index (χ0v) is 12.8. The molecule has 1 aliphatic rings. The van der Waals surface area contributed by atoms with E-state index in [1.807, 2.05) is 31.2 Å². The van der Waals surface area contributed by atoms with Crippen molar-refractivity contribution in [3.63, 3.8) is 0 Å². The van der Waals surface area contributed by atoms with Crippen molar-refractivity contribution in [3.8, 4) is 5.75 Å². The van der Waals surface area contributed by atoms with E-state index in [0.29, 0.717) is 24.5 Å². The number of rotatable bonds is 6. The molecule has 4 nitrogen and oxygen atoms in total. The second kappa shape index (κ2) is 8.15. The van der Waals surface area contributed by atoms with Crippen LogP contribution in [0.4, 0.5) is 0 Å². The highest BCUT2D eigenvalue weighted by molar-refractivity contribution is 6.00. The number of Topliss-reactive ketones (excluding diaryl/α,β-unsaturated/α-hetero) is 1. The molecule has 1 fully saturated rings. The number of aliphatic hydroxyl groups excluding tert-OH is 1. The van der Waals surface area contributed by atoms with Gasteiger partial charge in [-0.05, 0) is 38.4 Å². The molecule has 1 aromatic carbocycles. The number of carbonyl (C=O) groups is 1. The van der Waals surface area contributed by atoms with Crippen molar-refractivity contribution in [2.45, 2.75) is 38.6 Å². The van der Waals surface area contributed by atoms with Crippen LogP contribution >= 0.6 is 0 Å². The molecule has 1 saturated heterocycles. The molecule has 1 aromatic rings. The quantitative estimate of drug-likeness (QED) is 0.818. The number of para-hydroxylation sites is 1. The number of hydrogen-bond acceptors (Lipinski definition) is 4. The SMILES string of the molecule is CCOc1ccccc1C(=O)CN1CCCCCC1CO.